The summed E-state index contributed by atoms with van der Waals surface area (Å²) in [5.41, 5.74) is -0.571. The van der Waals surface area contributed by atoms with E-state index in [2.05, 4.69) is 5.32 Å². The Kier molecular flexibility index (Phi) is 9.43. The molecule has 0 fully saturated rings. The second kappa shape index (κ2) is 12.4. The first-order chi connectivity index (χ1) is 18.7. The largest absolute Gasteiger partial charge is 0.495 e. The van der Waals surface area contributed by atoms with Gasteiger partial charge in [-0.05, 0) is 65.6 Å². The van der Waals surface area contributed by atoms with Crippen molar-refractivity contribution in [1.82, 2.24) is 0 Å². The van der Waals surface area contributed by atoms with Crippen molar-refractivity contribution in [2.75, 3.05) is 19.0 Å². The van der Waals surface area contributed by atoms with Gasteiger partial charge < -0.3 is 19.5 Å². The summed E-state index contributed by atoms with van der Waals surface area (Å²) in [6, 6.07) is 11.3. The number of carbonyl (C=O) groups is 2. The van der Waals surface area contributed by atoms with Gasteiger partial charge in [-0.15, -0.1) is 0 Å². The number of alkyl halides is 3. The molecule has 0 aromatic heterocycles. The maximum atomic E-state index is 14.0. The summed E-state index contributed by atoms with van der Waals surface area (Å²) in [6.45, 7) is 2.87. The molecule has 0 aliphatic carbocycles. The number of rotatable bonds is 10. The Morgan fingerprint density at radius 3 is 2.30 bits per heavy atom. The quantitative estimate of drug-likeness (QED) is 0.318. The summed E-state index contributed by atoms with van der Waals surface area (Å²) in [5, 5.41) is 7.75. The van der Waals surface area contributed by atoms with E-state index in [0.717, 1.165) is 19.1 Å². The predicted molar refractivity (Wildman–Crippen MR) is 140 cm³/mol. The summed E-state index contributed by atoms with van der Waals surface area (Å²) in [6.07, 6.45) is -4.10. The number of anilines is 1. The lowest BCUT2D eigenvalue weighted by molar-refractivity contribution is -0.142. The van der Waals surface area contributed by atoms with Gasteiger partial charge in [0.15, 0.2) is 0 Å². The molecule has 0 bridgehead atoms. The summed E-state index contributed by atoms with van der Waals surface area (Å²) in [4.78, 5) is 24.1. The molecule has 0 saturated heterocycles. The van der Waals surface area contributed by atoms with Crippen molar-refractivity contribution in [1.29, 1.82) is 0 Å². The number of esters is 1. The van der Waals surface area contributed by atoms with E-state index in [-0.39, 0.29) is 57.5 Å². The van der Waals surface area contributed by atoms with Crippen LogP contribution in [0.3, 0.4) is 0 Å². The second-order valence-corrected chi connectivity index (χ2v) is 10.1. The normalized spacial score (nSPS) is 11.6. The highest BCUT2D eigenvalue weighted by atomic mass is 32.2. The van der Waals surface area contributed by atoms with E-state index < -0.39 is 33.6 Å². The van der Waals surface area contributed by atoms with Gasteiger partial charge in [0.05, 0.1) is 19.3 Å². The number of hydrogen-bond acceptors (Lipinski definition) is 7. The first kappa shape index (κ1) is 30.4. The van der Waals surface area contributed by atoms with Crippen LogP contribution in [-0.4, -0.2) is 34.0 Å². The fourth-order valence-corrected chi connectivity index (χ4v) is 4.46. The Morgan fingerprint density at radius 1 is 1.00 bits per heavy atom. The topological polar surface area (TPSA) is 134 Å². The van der Waals surface area contributed by atoms with E-state index in [1.165, 1.54) is 49.6 Å². The molecule has 0 aliphatic heterocycles. The van der Waals surface area contributed by atoms with Crippen molar-refractivity contribution < 1.29 is 45.4 Å². The molecule has 0 saturated carbocycles. The lowest BCUT2D eigenvalue weighted by Gasteiger charge is -2.18. The average molecular weight is 581 g/mol. The van der Waals surface area contributed by atoms with E-state index in [1.54, 1.807) is 0 Å². The molecule has 3 rings (SSSR count). The number of methoxy groups -OCH3 is 1. The molecule has 0 spiro atoms. The summed E-state index contributed by atoms with van der Waals surface area (Å²) in [5.74, 6) is -1.40. The molecular formula is C27H27F3N2O7S. The summed E-state index contributed by atoms with van der Waals surface area (Å²) >= 11 is 0. The van der Waals surface area contributed by atoms with E-state index in [0.29, 0.717) is 6.42 Å². The fraction of sp³-hybridized carbons (Fsp3) is 0.259. The smallest absolute Gasteiger partial charge is 0.417 e. The Hall–Kier alpha value is -4.10. The molecular weight excluding hydrogens is 553 g/mol. The molecule has 0 heterocycles. The molecule has 3 N–H and O–H groups in total. The molecule has 9 nitrogen and oxygen atoms in total. The number of benzene rings is 3. The van der Waals surface area contributed by atoms with Gasteiger partial charge in [-0.1, -0.05) is 19.1 Å². The van der Waals surface area contributed by atoms with Crippen LogP contribution in [-0.2, 0) is 32.3 Å². The number of nitrogens with one attached hydrogen (secondary N) is 1. The SMILES string of the molecule is CCCOc1ccc(-c2ccc(NC(=O)c3ccc(S(N)(=O)=O)c(OC)c3)cc2COC(C)=O)c(C(F)(F)F)c1. The van der Waals surface area contributed by atoms with Crippen LogP contribution in [0, 0.1) is 0 Å². The van der Waals surface area contributed by atoms with Crippen LogP contribution < -0.4 is 19.9 Å². The number of primary sulfonamides is 1. The molecule has 13 heteroatoms. The van der Waals surface area contributed by atoms with Crippen molar-refractivity contribution in [2.24, 2.45) is 5.14 Å². The van der Waals surface area contributed by atoms with Crippen LogP contribution >= 0.6 is 0 Å². The van der Waals surface area contributed by atoms with Gasteiger partial charge in [-0.25, -0.2) is 13.6 Å². The van der Waals surface area contributed by atoms with Crippen molar-refractivity contribution >= 4 is 27.6 Å². The minimum Gasteiger partial charge on any atom is -0.495 e. The van der Waals surface area contributed by atoms with Crippen molar-refractivity contribution in [2.45, 2.75) is 37.9 Å². The zero-order valence-corrected chi connectivity index (χ0v) is 22.6. The highest BCUT2D eigenvalue weighted by Gasteiger charge is 2.35. The first-order valence-electron chi connectivity index (χ1n) is 11.9. The van der Waals surface area contributed by atoms with Crippen LogP contribution in [0.1, 0.15) is 41.8 Å². The minimum atomic E-state index is -4.71. The zero-order valence-electron chi connectivity index (χ0n) is 21.8. The van der Waals surface area contributed by atoms with Crippen molar-refractivity contribution in [3.8, 4) is 22.6 Å². The standard InChI is InChI=1S/C27H27F3N2O7S/c1-4-11-38-20-7-9-22(23(14-20)27(28,29)30)21-8-6-19(12-18(21)15-39-16(2)33)32-26(34)17-5-10-25(40(31,35)36)24(13-17)37-3/h5-10,12-14H,4,11,15H2,1-3H3,(H,32,34)(H2,31,35,36). The third kappa shape index (κ3) is 7.51. The highest BCUT2D eigenvalue weighted by molar-refractivity contribution is 7.89. The Morgan fingerprint density at radius 2 is 1.70 bits per heavy atom. The summed E-state index contributed by atoms with van der Waals surface area (Å²) < 4.78 is 81.0. The third-order valence-corrected chi connectivity index (χ3v) is 6.54. The highest BCUT2D eigenvalue weighted by Crippen LogP contribution is 2.41. The predicted octanol–water partition coefficient (Wildman–Crippen LogP) is 5.13. The Labute approximate surface area is 229 Å². The van der Waals surface area contributed by atoms with Gasteiger partial charge in [0.2, 0.25) is 10.0 Å². The van der Waals surface area contributed by atoms with Gasteiger partial charge in [0, 0.05) is 18.2 Å². The molecule has 0 aliphatic rings. The van der Waals surface area contributed by atoms with Crippen LogP contribution in [0.2, 0.25) is 0 Å². The monoisotopic (exact) mass is 580 g/mol. The minimum absolute atomic E-state index is 0.0249. The molecule has 0 unspecified atom stereocenters. The first-order valence-corrected chi connectivity index (χ1v) is 13.4. The maximum Gasteiger partial charge on any atom is 0.417 e. The van der Waals surface area contributed by atoms with Crippen molar-refractivity contribution in [3.63, 3.8) is 0 Å². The van der Waals surface area contributed by atoms with Gasteiger partial charge in [-0.2, -0.15) is 13.2 Å². The molecule has 0 atom stereocenters. The molecule has 1 amide bonds. The molecule has 0 radical (unpaired) electrons. The number of hydrogen-bond donors (Lipinski definition) is 2. The van der Waals surface area contributed by atoms with Crippen LogP contribution in [0.5, 0.6) is 11.5 Å². The molecule has 214 valence electrons. The number of amides is 1. The lowest BCUT2D eigenvalue weighted by atomic mass is 9.94. The van der Waals surface area contributed by atoms with Crippen LogP contribution in [0.15, 0.2) is 59.5 Å². The second-order valence-electron chi connectivity index (χ2n) is 8.57. The van der Waals surface area contributed by atoms with E-state index in [4.69, 9.17) is 19.3 Å². The number of nitrogens with two attached hydrogens (primary N) is 1. The number of sulfonamides is 1. The van der Waals surface area contributed by atoms with E-state index >= 15 is 0 Å². The Balaban J connectivity index is 2.02. The van der Waals surface area contributed by atoms with Crippen LogP contribution in [0.25, 0.3) is 11.1 Å². The molecule has 3 aromatic carbocycles. The number of halogens is 3. The number of carbonyl (C=O) groups excluding carboxylic acids is 2. The molecule has 40 heavy (non-hydrogen) atoms. The van der Waals surface area contributed by atoms with Gasteiger partial charge in [-0.3, -0.25) is 9.59 Å². The van der Waals surface area contributed by atoms with Gasteiger partial charge >= 0.3 is 12.1 Å². The van der Waals surface area contributed by atoms with Crippen molar-refractivity contribution in [3.05, 3.63) is 71.3 Å². The summed E-state index contributed by atoms with van der Waals surface area (Å²) in [7, 11) is -2.89. The average Bonchev–Trinajstić information content (AvgIpc) is 2.89. The third-order valence-electron chi connectivity index (χ3n) is 5.59. The maximum absolute atomic E-state index is 14.0. The number of ether oxygens (including phenoxy) is 3. The van der Waals surface area contributed by atoms with E-state index in [1.807, 2.05) is 6.92 Å². The Bertz CT molecular complexity index is 1520. The zero-order chi connectivity index (χ0) is 29.7. The van der Waals surface area contributed by atoms with Crippen LogP contribution in [0.4, 0.5) is 18.9 Å². The van der Waals surface area contributed by atoms with Gasteiger partial charge in [0.1, 0.15) is 23.0 Å². The van der Waals surface area contributed by atoms with E-state index in [9.17, 15) is 31.2 Å². The molecule has 3 aromatic rings. The van der Waals surface area contributed by atoms with Gasteiger partial charge in [0.25, 0.3) is 5.91 Å². The lowest BCUT2D eigenvalue weighted by Crippen LogP contribution is -2.16. The fourth-order valence-electron chi connectivity index (χ4n) is 3.78.